The van der Waals surface area contributed by atoms with Gasteiger partial charge in [-0.05, 0) is 49.3 Å². The summed E-state index contributed by atoms with van der Waals surface area (Å²) in [5, 5.41) is 4.95. The highest BCUT2D eigenvalue weighted by Gasteiger charge is 2.14. The molecule has 0 bridgehead atoms. The molecule has 2 amide bonds. The summed E-state index contributed by atoms with van der Waals surface area (Å²) in [4.78, 5) is 27.1. The lowest BCUT2D eigenvalue weighted by Gasteiger charge is -2.18. The zero-order valence-corrected chi connectivity index (χ0v) is 15.3. The normalized spacial score (nSPS) is 10.5. The van der Waals surface area contributed by atoms with Gasteiger partial charge in [-0.15, -0.1) is 11.3 Å². The van der Waals surface area contributed by atoms with E-state index in [1.807, 2.05) is 43.5 Å². The quantitative estimate of drug-likeness (QED) is 0.831. The molecule has 1 aromatic carbocycles. The summed E-state index contributed by atoms with van der Waals surface area (Å²) in [5.74, 6) is -0.162. The van der Waals surface area contributed by atoms with Crippen LogP contribution in [0.15, 0.2) is 35.7 Å². The Balaban J connectivity index is 1.79. The summed E-state index contributed by atoms with van der Waals surface area (Å²) in [7, 11) is 1.68. The molecule has 128 valence electrons. The number of hydrogen-bond acceptors (Lipinski definition) is 3. The second-order valence-corrected chi connectivity index (χ2v) is 7.03. The molecular formula is C19H24N2O2S. The number of anilines is 1. The Kier molecular flexibility index (Phi) is 6.55. The van der Waals surface area contributed by atoms with Crippen molar-refractivity contribution in [3.63, 3.8) is 0 Å². The van der Waals surface area contributed by atoms with Gasteiger partial charge in [0.2, 0.25) is 11.8 Å². The van der Waals surface area contributed by atoms with Crippen LogP contribution in [0.1, 0.15) is 28.8 Å². The number of nitrogens with one attached hydrogen (secondary N) is 1. The lowest BCUT2D eigenvalue weighted by Crippen LogP contribution is -2.35. The molecule has 0 radical (unpaired) electrons. The summed E-state index contributed by atoms with van der Waals surface area (Å²) in [6.45, 7) is 4.00. The molecule has 5 heteroatoms. The van der Waals surface area contributed by atoms with Crippen molar-refractivity contribution in [2.75, 3.05) is 18.9 Å². The van der Waals surface area contributed by atoms with E-state index in [0.717, 1.165) is 29.7 Å². The van der Waals surface area contributed by atoms with Crippen LogP contribution in [-0.4, -0.2) is 30.3 Å². The number of carbonyl (C=O) groups excluding carboxylic acids is 2. The van der Waals surface area contributed by atoms with Crippen LogP contribution >= 0.6 is 11.3 Å². The number of carbonyl (C=O) groups is 2. The lowest BCUT2D eigenvalue weighted by atomic mass is 10.1. The van der Waals surface area contributed by atoms with E-state index in [0.29, 0.717) is 6.42 Å². The first-order valence-electron chi connectivity index (χ1n) is 8.10. The molecule has 0 spiro atoms. The van der Waals surface area contributed by atoms with Crippen LogP contribution in [0.4, 0.5) is 5.69 Å². The van der Waals surface area contributed by atoms with Crippen molar-refractivity contribution in [1.29, 1.82) is 0 Å². The Bertz CT molecular complexity index is 675. The van der Waals surface area contributed by atoms with Crippen LogP contribution in [0, 0.1) is 13.8 Å². The predicted molar refractivity (Wildman–Crippen MR) is 99.4 cm³/mol. The smallest absolute Gasteiger partial charge is 0.243 e. The third-order valence-corrected chi connectivity index (χ3v) is 4.88. The van der Waals surface area contributed by atoms with Gasteiger partial charge in [-0.1, -0.05) is 24.3 Å². The number of benzene rings is 1. The van der Waals surface area contributed by atoms with E-state index in [4.69, 9.17) is 0 Å². The Morgan fingerprint density at radius 3 is 2.46 bits per heavy atom. The number of hydrogen-bond donors (Lipinski definition) is 1. The maximum absolute atomic E-state index is 12.2. The highest BCUT2D eigenvalue weighted by atomic mass is 32.1. The SMILES string of the molecule is Cc1cccc(C)c1NC(=O)CN(C)C(=O)CCCc1cccs1. The number of likely N-dealkylation sites (N-methyl/N-ethyl adjacent to an activating group) is 1. The van der Waals surface area contributed by atoms with E-state index in [2.05, 4.69) is 11.4 Å². The van der Waals surface area contributed by atoms with Gasteiger partial charge in [-0.3, -0.25) is 9.59 Å². The molecule has 2 aromatic rings. The predicted octanol–water partition coefficient (Wildman–Crippen LogP) is 3.78. The molecule has 4 nitrogen and oxygen atoms in total. The number of rotatable bonds is 7. The van der Waals surface area contributed by atoms with E-state index in [-0.39, 0.29) is 18.4 Å². The van der Waals surface area contributed by atoms with Crippen molar-refractivity contribution in [3.8, 4) is 0 Å². The largest absolute Gasteiger partial charge is 0.336 e. The molecule has 2 rings (SSSR count). The number of aryl methyl sites for hydroxylation is 3. The van der Waals surface area contributed by atoms with Gasteiger partial charge in [-0.25, -0.2) is 0 Å². The van der Waals surface area contributed by atoms with Crippen molar-refractivity contribution < 1.29 is 9.59 Å². The van der Waals surface area contributed by atoms with Gasteiger partial charge in [-0.2, -0.15) is 0 Å². The Morgan fingerprint density at radius 1 is 1.12 bits per heavy atom. The molecule has 24 heavy (non-hydrogen) atoms. The standard InChI is InChI=1S/C19H24N2O2S/c1-14-7-4-8-15(2)19(14)20-17(22)13-21(3)18(23)11-5-9-16-10-6-12-24-16/h4,6-8,10,12H,5,9,11,13H2,1-3H3,(H,20,22). The summed E-state index contributed by atoms with van der Waals surface area (Å²) in [6.07, 6.45) is 2.18. The molecule has 0 atom stereocenters. The van der Waals surface area contributed by atoms with Crippen molar-refractivity contribution in [3.05, 3.63) is 51.7 Å². The molecular weight excluding hydrogens is 320 g/mol. The summed E-state index contributed by atoms with van der Waals surface area (Å²) in [5.41, 5.74) is 2.88. The van der Waals surface area contributed by atoms with Crippen LogP contribution in [0.3, 0.4) is 0 Å². The molecule has 0 aliphatic heterocycles. The molecule has 1 heterocycles. The monoisotopic (exact) mass is 344 g/mol. The van der Waals surface area contributed by atoms with Gasteiger partial charge >= 0.3 is 0 Å². The molecule has 0 saturated heterocycles. The minimum Gasteiger partial charge on any atom is -0.336 e. The average molecular weight is 344 g/mol. The number of nitrogens with zero attached hydrogens (tertiary/aromatic N) is 1. The molecule has 0 unspecified atom stereocenters. The summed E-state index contributed by atoms with van der Waals surface area (Å²) in [6, 6.07) is 9.98. The topological polar surface area (TPSA) is 49.4 Å². The van der Waals surface area contributed by atoms with Gasteiger partial charge in [0, 0.05) is 24.0 Å². The Morgan fingerprint density at radius 2 is 1.83 bits per heavy atom. The van der Waals surface area contributed by atoms with Crippen molar-refractivity contribution in [2.45, 2.75) is 33.1 Å². The van der Waals surface area contributed by atoms with Crippen LogP contribution in [-0.2, 0) is 16.0 Å². The van der Waals surface area contributed by atoms with Crippen molar-refractivity contribution >= 4 is 28.8 Å². The number of para-hydroxylation sites is 1. The first-order valence-corrected chi connectivity index (χ1v) is 8.97. The Labute approximate surface area is 147 Å². The van der Waals surface area contributed by atoms with Gasteiger partial charge < -0.3 is 10.2 Å². The maximum atomic E-state index is 12.2. The zero-order valence-electron chi connectivity index (χ0n) is 14.5. The van der Waals surface area contributed by atoms with E-state index in [9.17, 15) is 9.59 Å². The minimum atomic E-state index is -0.165. The van der Waals surface area contributed by atoms with Crippen molar-refractivity contribution in [2.24, 2.45) is 0 Å². The van der Waals surface area contributed by atoms with E-state index in [1.165, 1.54) is 9.78 Å². The van der Waals surface area contributed by atoms with Crippen LogP contribution < -0.4 is 5.32 Å². The first-order chi connectivity index (χ1) is 11.5. The molecule has 0 aliphatic rings. The molecule has 0 aliphatic carbocycles. The number of thiophene rings is 1. The highest BCUT2D eigenvalue weighted by molar-refractivity contribution is 7.09. The fraction of sp³-hybridized carbons (Fsp3) is 0.368. The van der Waals surface area contributed by atoms with Gasteiger partial charge in [0.1, 0.15) is 0 Å². The molecule has 0 saturated carbocycles. The molecule has 1 N–H and O–H groups in total. The van der Waals surface area contributed by atoms with E-state index >= 15 is 0 Å². The highest BCUT2D eigenvalue weighted by Crippen LogP contribution is 2.19. The van der Waals surface area contributed by atoms with Crippen LogP contribution in [0.2, 0.25) is 0 Å². The maximum Gasteiger partial charge on any atom is 0.243 e. The fourth-order valence-electron chi connectivity index (χ4n) is 2.55. The van der Waals surface area contributed by atoms with Crippen LogP contribution in [0.25, 0.3) is 0 Å². The third kappa shape index (κ3) is 5.20. The second kappa shape index (κ2) is 8.64. The summed E-state index contributed by atoms with van der Waals surface area (Å²) < 4.78 is 0. The minimum absolute atomic E-state index is 0.00297. The number of amides is 2. The molecule has 1 aromatic heterocycles. The van der Waals surface area contributed by atoms with E-state index in [1.54, 1.807) is 18.4 Å². The zero-order chi connectivity index (χ0) is 17.5. The third-order valence-electron chi connectivity index (χ3n) is 3.95. The summed E-state index contributed by atoms with van der Waals surface area (Å²) >= 11 is 1.71. The van der Waals surface area contributed by atoms with Crippen LogP contribution in [0.5, 0.6) is 0 Å². The second-order valence-electron chi connectivity index (χ2n) is 6.00. The fourth-order valence-corrected chi connectivity index (χ4v) is 3.30. The molecule has 0 fully saturated rings. The van der Waals surface area contributed by atoms with E-state index < -0.39 is 0 Å². The van der Waals surface area contributed by atoms with Gasteiger partial charge in [0.15, 0.2) is 0 Å². The van der Waals surface area contributed by atoms with Gasteiger partial charge in [0.25, 0.3) is 0 Å². The first kappa shape index (κ1) is 18.2. The Hall–Kier alpha value is -2.14. The van der Waals surface area contributed by atoms with Crippen molar-refractivity contribution in [1.82, 2.24) is 4.90 Å². The average Bonchev–Trinajstić information content (AvgIpc) is 3.04. The lowest BCUT2D eigenvalue weighted by molar-refractivity contribution is -0.133. The van der Waals surface area contributed by atoms with Gasteiger partial charge in [0.05, 0.1) is 6.54 Å².